The van der Waals surface area contributed by atoms with E-state index < -0.39 is 0 Å². The summed E-state index contributed by atoms with van der Waals surface area (Å²) < 4.78 is 5.56. The van der Waals surface area contributed by atoms with Crippen LogP contribution in [0.15, 0.2) is 24.3 Å². The lowest BCUT2D eigenvalue weighted by atomic mass is 9.86. The van der Waals surface area contributed by atoms with Crippen molar-refractivity contribution in [2.45, 2.75) is 45.6 Å². The highest BCUT2D eigenvalue weighted by Crippen LogP contribution is 2.27. The van der Waals surface area contributed by atoms with Gasteiger partial charge in [0.1, 0.15) is 5.75 Å². The van der Waals surface area contributed by atoms with Gasteiger partial charge in [0, 0.05) is 6.04 Å². The molecule has 0 spiro atoms. The molecule has 116 valence electrons. The summed E-state index contributed by atoms with van der Waals surface area (Å²) in [4.78, 5) is 14.8. The highest BCUT2D eigenvalue weighted by molar-refractivity contribution is 6.00. The van der Waals surface area contributed by atoms with Gasteiger partial charge in [0.05, 0.1) is 18.7 Å². The molecule has 0 radical (unpaired) electrons. The molecule has 0 unspecified atom stereocenters. The fourth-order valence-electron chi connectivity index (χ4n) is 3.10. The fourth-order valence-corrected chi connectivity index (χ4v) is 3.10. The molecule has 21 heavy (non-hydrogen) atoms. The van der Waals surface area contributed by atoms with Gasteiger partial charge in [-0.25, -0.2) is 0 Å². The summed E-state index contributed by atoms with van der Waals surface area (Å²) in [6.07, 6.45) is 4.97. The SMILES string of the molecule is CCOc1ccccc1C(=O)CN(C)C1CCC(C)CC1. The van der Waals surface area contributed by atoms with Gasteiger partial charge in [-0.2, -0.15) is 0 Å². The number of para-hydroxylation sites is 1. The molecule has 1 fully saturated rings. The molecule has 0 N–H and O–H groups in total. The number of carbonyl (C=O) groups is 1. The highest BCUT2D eigenvalue weighted by atomic mass is 16.5. The van der Waals surface area contributed by atoms with E-state index in [1.807, 2.05) is 31.2 Å². The molecule has 0 heterocycles. The minimum absolute atomic E-state index is 0.153. The average molecular weight is 289 g/mol. The van der Waals surface area contributed by atoms with Crippen molar-refractivity contribution in [2.24, 2.45) is 5.92 Å². The van der Waals surface area contributed by atoms with Crippen molar-refractivity contribution in [1.29, 1.82) is 0 Å². The molecule has 0 aromatic heterocycles. The molecular formula is C18H27NO2. The number of hydrogen-bond donors (Lipinski definition) is 0. The summed E-state index contributed by atoms with van der Waals surface area (Å²) in [6.45, 7) is 5.32. The zero-order chi connectivity index (χ0) is 15.2. The number of Topliss-reactive ketones (excluding diaryl/α,β-unsaturated/α-hetero) is 1. The van der Waals surface area contributed by atoms with E-state index >= 15 is 0 Å². The molecule has 0 amide bonds. The monoisotopic (exact) mass is 289 g/mol. The Morgan fingerprint density at radius 1 is 1.24 bits per heavy atom. The number of carbonyl (C=O) groups excluding carboxylic acids is 1. The summed E-state index contributed by atoms with van der Waals surface area (Å²) in [6, 6.07) is 8.10. The van der Waals surface area contributed by atoms with E-state index in [4.69, 9.17) is 4.74 Å². The van der Waals surface area contributed by atoms with E-state index in [-0.39, 0.29) is 5.78 Å². The molecule has 2 rings (SSSR count). The Morgan fingerprint density at radius 3 is 2.57 bits per heavy atom. The maximum Gasteiger partial charge on any atom is 0.180 e. The van der Waals surface area contributed by atoms with Gasteiger partial charge in [-0.3, -0.25) is 9.69 Å². The van der Waals surface area contributed by atoms with Gasteiger partial charge in [-0.1, -0.05) is 19.1 Å². The molecule has 0 saturated heterocycles. The van der Waals surface area contributed by atoms with Crippen molar-refractivity contribution in [2.75, 3.05) is 20.2 Å². The number of ketones is 1. The lowest BCUT2D eigenvalue weighted by Gasteiger charge is -2.33. The summed E-state index contributed by atoms with van der Waals surface area (Å²) in [5.74, 6) is 1.69. The van der Waals surface area contributed by atoms with Gasteiger partial charge in [-0.15, -0.1) is 0 Å². The van der Waals surface area contributed by atoms with Crippen LogP contribution in [0.4, 0.5) is 0 Å². The van der Waals surface area contributed by atoms with Crippen LogP contribution in [-0.2, 0) is 0 Å². The maximum absolute atomic E-state index is 12.5. The molecule has 0 atom stereocenters. The molecule has 1 aromatic carbocycles. The quantitative estimate of drug-likeness (QED) is 0.746. The number of benzene rings is 1. The molecular weight excluding hydrogens is 262 g/mol. The van der Waals surface area contributed by atoms with Crippen LogP contribution in [0.1, 0.15) is 49.9 Å². The van der Waals surface area contributed by atoms with Crippen LogP contribution in [-0.4, -0.2) is 36.9 Å². The van der Waals surface area contributed by atoms with E-state index in [1.165, 1.54) is 25.7 Å². The number of nitrogens with zero attached hydrogens (tertiary/aromatic N) is 1. The van der Waals surface area contributed by atoms with Gasteiger partial charge in [0.2, 0.25) is 0 Å². The third-order valence-corrected chi connectivity index (χ3v) is 4.49. The predicted molar refractivity (Wildman–Crippen MR) is 86.0 cm³/mol. The average Bonchev–Trinajstić information content (AvgIpc) is 2.48. The molecule has 1 aliphatic rings. The van der Waals surface area contributed by atoms with Crippen LogP contribution in [0.5, 0.6) is 5.75 Å². The van der Waals surface area contributed by atoms with Crippen molar-refractivity contribution in [1.82, 2.24) is 4.90 Å². The van der Waals surface area contributed by atoms with Gasteiger partial charge in [0.15, 0.2) is 5.78 Å². The van der Waals surface area contributed by atoms with Crippen molar-refractivity contribution in [3.8, 4) is 5.75 Å². The second-order valence-corrected chi connectivity index (χ2v) is 6.18. The van der Waals surface area contributed by atoms with Crippen LogP contribution in [0.2, 0.25) is 0 Å². The first-order valence-corrected chi connectivity index (χ1v) is 8.07. The number of hydrogen-bond acceptors (Lipinski definition) is 3. The smallest absolute Gasteiger partial charge is 0.180 e. The Kier molecular flexibility index (Phi) is 5.80. The van der Waals surface area contributed by atoms with Crippen molar-refractivity contribution in [3.05, 3.63) is 29.8 Å². The Hall–Kier alpha value is -1.35. The first-order chi connectivity index (χ1) is 10.1. The van der Waals surface area contributed by atoms with Crippen LogP contribution in [0, 0.1) is 5.92 Å². The summed E-state index contributed by atoms with van der Waals surface area (Å²) in [7, 11) is 2.07. The molecule has 0 bridgehead atoms. The van der Waals surface area contributed by atoms with Crippen molar-refractivity contribution < 1.29 is 9.53 Å². The maximum atomic E-state index is 12.5. The fraction of sp³-hybridized carbons (Fsp3) is 0.611. The molecule has 3 heteroatoms. The summed E-state index contributed by atoms with van der Waals surface area (Å²) >= 11 is 0. The van der Waals surface area contributed by atoms with Crippen LogP contribution in [0.25, 0.3) is 0 Å². The van der Waals surface area contributed by atoms with E-state index in [1.54, 1.807) is 0 Å². The Balaban J connectivity index is 1.97. The minimum atomic E-state index is 0.153. The second kappa shape index (κ2) is 7.60. The highest BCUT2D eigenvalue weighted by Gasteiger charge is 2.24. The summed E-state index contributed by atoms with van der Waals surface area (Å²) in [5, 5.41) is 0. The van der Waals surface area contributed by atoms with E-state index in [0.29, 0.717) is 30.5 Å². The lowest BCUT2D eigenvalue weighted by molar-refractivity contribution is 0.0885. The van der Waals surface area contributed by atoms with Gasteiger partial charge >= 0.3 is 0 Å². The number of ether oxygens (including phenoxy) is 1. The van der Waals surface area contributed by atoms with E-state index in [9.17, 15) is 4.79 Å². The first kappa shape index (κ1) is 16.0. The zero-order valence-electron chi connectivity index (χ0n) is 13.5. The van der Waals surface area contributed by atoms with E-state index in [2.05, 4.69) is 18.9 Å². The van der Waals surface area contributed by atoms with Crippen molar-refractivity contribution >= 4 is 5.78 Å². The van der Waals surface area contributed by atoms with Crippen LogP contribution in [0.3, 0.4) is 0 Å². The topological polar surface area (TPSA) is 29.5 Å². The summed E-state index contributed by atoms with van der Waals surface area (Å²) in [5.41, 5.74) is 0.704. The molecule has 3 nitrogen and oxygen atoms in total. The third kappa shape index (κ3) is 4.31. The largest absolute Gasteiger partial charge is 0.493 e. The third-order valence-electron chi connectivity index (χ3n) is 4.49. The first-order valence-electron chi connectivity index (χ1n) is 8.07. The number of likely N-dealkylation sites (N-methyl/N-ethyl adjacent to an activating group) is 1. The lowest BCUT2D eigenvalue weighted by Crippen LogP contribution is -2.38. The van der Waals surface area contributed by atoms with Crippen molar-refractivity contribution in [3.63, 3.8) is 0 Å². The Labute approximate surface area is 128 Å². The molecule has 1 aromatic rings. The van der Waals surface area contributed by atoms with Crippen LogP contribution < -0.4 is 4.74 Å². The van der Waals surface area contributed by atoms with Gasteiger partial charge in [-0.05, 0) is 57.7 Å². The van der Waals surface area contributed by atoms with Gasteiger partial charge in [0.25, 0.3) is 0 Å². The Bertz CT molecular complexity index is 464. The second-order valence-electron chi connectivity index (χ2n) is 6.18. The predicted octanol–water partition coefficient (Wildman–Crippen LogP) is 3.78. The van der Waals surface area contributed by atoms with Crippen LogP contribution >= 0.6 is 0 Å². The minimum Gasteiger partial charge on any atom is -0.493 e. The van der Waals surface area contributed by atoms with E-state index in [0.717, 1.165) is 5.92 Å². The number of rotatable bonds is 6. The molecule has 1 aliphatic carbocycles. The molecule has 0 aliphatic heterocycles. The normalized spacial score (nSPS) is 22.3. The molecule has 1 saturated carbocycles. The Morgan fingerprint density at radius 2 is 1.90 bits per heavy atom. The zero-order valence-corrected chi connectivity index (χ0v) is 13.5. The van der Waals surface area contributed by atoms with Gasteiger partial charge < -0.3 is 4.74 Å². The standard InChI is InChI=1S/C18H27NO2/c1-4-21-18-8-6-5-7-16(18)17(20)13-19(3)15-11-9-14(2)10-12-15/h5-8,14-15H,4,9-13H2,1-3H3.